The Labute approximate surface area is 118 Å². The van der Waals surface area contributed by atoms with Crippen LogP contribution in [-0.2, 0) is 7.05 Å². The minimum atomic E-state index is -0.0605. The molecule has 2 N–H and O–H groups in total. The summed E-state index contributed by atoms with van der Waals surface area (Å²) in [7, 11) is 1.82. The highest BCUT2D eigenvalue weighted by molar-refractivity contribution is 6.31. The first kappa shape index (κ1) is 14.4. The van der Waals surface area contributed by atoms with Crippen molar-refractivity contribution in [3.8, 4) is 0 Å². The quantitative estimate of drug-likeness (QED) is 0.783. The van der Waals surface area contributed by atoms with Crippen LogP contribution in [0.2, 0.25) is 5.02 Å². The third-order valence-electron chi connectivity index (χ3n) is 3.35. The van der Waals surface area contributed by atoms with Crippen LogP contribution in [0.25, 0.3) is 0 Å². The molecule has 0 spiro atoms. The molecule has 0 aliphatic carbocycles. The number of hydrogen-bond acceptors (Lipinski definition) is 3. The van der Waals surface area contributed by atoms with Crippen LogP contribution in [0.3, 0.4) is 0 Å². The predicted octanol–water partition coefficient (Wildman–Crippen LogP) is 0.704. The van der Waals surface area contributed by atoms with Gasteiger partial charge >= 0.3 is 0 Å². The molecule has 2 heterocycles. The largest absolute Gasteiger partial charge is 0.351 e. The highest BCUT2D eigenvalue weighted by atomic mass is 35.5. The monoisotopic (exact) mass is 284 g/mol. The number of amides is 1. The fourth-order valence-corrected chi connectivity index (χ4v) is 2.53. The van der Waals surface area contributed by atoms with Gasteiger partial charge in [-0.15, -0.1) is 0 Å². The third kappa shape index (κ3) is 4.23. The molecular weight excluding hydrogens is 264 g/mol. The SMILES string of the molecule is Cn1cc(Cl)cc1C(=O)NCCCN1CCNCC1. The summed E-state index contributed by atoms with van der Waals surface area (Å²) in [5.74, 6) is -0.0605. The van der Waals surface area contributed by atoms with Crippen molar-refractivity contribution in [3.63, 3.8) is 0 Å². The summed E-state index contributed by atoms with van der Waals surface area (Å²) in [6.45, 7) is 6.06. The highest BCUT2D eigenvalue weighted by Crippen LogP contribution is 2.12. The van der Waals surface area contributed by atoms with Crippen molar-refractivity contribution in [3.05, 3.63) is 23.0 Å². The van der Waals surface area contributed by atoms with E-state index in [9.17, 15) is 4.79 Å². The Morgan fingerprint density at radius 2 is 2.21 bits per heavy atom. The van der Waals surface area contributed by atoms with Crippen LogP contribution in [0.5, 0.6) is 0 Å². The van der Waals surface area contributed by atoms with E-state index in [4.69, 9.17) is 11.6 Å². The normalized spacial score (nSPS) is 16.5. The van der Waals surface area contributed by atoms with Gasteiger partial charge in [0.05, 0.1) is 5.02 Å². The molecular formula is C13H21ClN4O. The summed E-state index contributed by atoms with van der Waals surface area (Å²) in [4.78, 5) is 14.3. The van der Waals surface area contributed by atoms with Gasteiger partial charge in [-0.25, -0.2) is 0 Å². The zero-order chi connectivity index (χ0) is 13.7. The number of nitrogens with zero attached hydrogens (tertiary/aromatic N) is 2. The molecule has 1 aromatic heterocycles. The number of halogens is 1. The van der Waals surface area contributed by atoms with Gasteiger partial charge in [0.1, 0.15) is 5.69 Å². The number of piperazine rings is 1. The Morgan fingerprint density at radius 3 is 2.84 bits per heavy atom. The number of aryl methyl sites for hydroxylation is 1. The maximum Gasteiger partial charge on any atom is 0.267 e. The molecule has 0 unspecified atom stereocenters. The predicted molar refractivity (Wildman–Crippen MR) is 76.7 cm³/mol. The van der Waals surface area contributed by atoms with Crippen molar-refractivity contribution < 1.29 is 4.79 Å². The fraction of sp³-hybridized carbons (Fsp3) is 0.615. The van der Waals surface area contributed by atoms with E-state index < -0.39 is 0 Å². The van der Waals surface area contributed by atoms with Crippen LogP contribution in [-0.4, -0.2) is 54.6 Å². The average molecular weight is 285 g/mol. The minimum Gasteiger partial charge on any atom is -0.351 e. The molecule has 1 aromatic rings. The van der Waals surface area contributed by atoms with Crippen LogP contribution in [0.4, 0.5) is 0 Å². The number of carbonyl (C=O) groups excluding carboxylic acids is 1. The van der Waals surface area contributed by atoms with E-state index in [1.807, 2.05) is 7.05 Å². The van der Waals surface area contributed by atoms with Crippen LogP contribution in [0.1, 0.15) is 16.9 Å². The zero-order valence-corrected chi connectivity index (χ0v) is 12.0. The molecule has 0 atom stereocenters. The van der Waals surface area contributed by atoms with Gasteiger partial charge in [0.15, 0.2) is 0 Å². The summed E-state index contributed by atoms with van der Waals surface area (Å²) >= 11 is 5.86. The lowest BCUT2D eigenvalue weighted by atomic mass is 10.3. The molecule has 0 saturated carbocycles. The number of rotatable bonds is 5. The molecule has 1 fully saturated rings. The molecule has 0 aromatic carbocycles. The summed E-state index contributed by atoms with van der Waals surface area (Å²) in [5.41, 5.74) is 0.604. The third-order valence-corrected chi connectivity index (χ3v) is 3.56. The molecule has 1 saturated heterocycles. The Hall–Kier alpha value is -1.04. The molecule has 6 heteroatoms. The first-order valence-corrected chi connectivity index (χ1v) is 7.08. The van der Waals surface area contributed by atoms with Crippen molar-refractivity contribution >= 4 is 17.5 Å². The van der Waals surface area contributed by atoms with Gasteiger partial charge in [0, 0.05) is 46.0 Å². The number of aromatic nitrogens is 1. The van der Waals surface area contributed by atoms with E-state index in [1.165, 1.54) is 0 Å². The zero-order valence-electron chi connectivity index (χ0n) is 11.3. The van der Waals surface area contributed by atoms with Gasteiger partial charge in [0.25, 0.3) is 5.91 Å². The molecule has 0 bridgehead atoms. The smallest absolute Gasteiger partial charge is 0.267 e. The fourth-order valence-electron chi connectivity index (χ4n) is 2.28. The summed E-state index contributed by atoms with van der Waals surface area (Å²) in [6, 6.07) is 1.69. The van der Waals surface area contributed by atoms with Crippen LogP contribution in [0, 0.1) is 0 Å². The Morgan fingerprint density at radius 1 is 1.47 bits per heavy atom. The van der Waals surface area contributed by atoms with Gasteiger partial charge in [-0.2, -0.15) is 0 Å². The second kappa shape index (κ2) is 6.93. The molecule has 0 radical (unpaired) electrons. The van der Waals surface area contributed by atoms with Gasteiger partial charge in [-0.05, 0) is 19.0 Å². The minimum absolute atomic E-state index is 0.0605. The lowest BCUT2D eigenvalue weighted by molar-refractivity contribution is 0.0943. The van der Waals surface area contributed by atoms with E-state index in [0.717, 1.165) is 39.1 Å². The maximum absolute atomic E-state index is 11.9. The van der Waals surface area contributed by atoms with E-state index in [0.29, 0.717) is 17.3 Å². The Kier molecular flexibility index (Phi) is 5.24. The van der Waals surface area contributed by atoms with Crippen molar-refractivity contribution in [1.82, 2.24) is 20.1 Å². The first-order valence-electron chi connectivity index (χ1n) is 6.70. The van der Waals surface area contributed by atoms with Crippen molar-refractivity contribution in [2.24, 2.45) is 7.05 Å². The summed E-state index contributed by atoms with van der Waals surface area (Å²) in [6.07, 6.45) is 2.71. The first-order chi connectivity index (χ1) is 9.16. The molecule has 5 nitrogen and oxygen atoms in total. The Bertz CT molecular complexity index is 426. The summed E-state index contributed by atoms with van der Waals surface area (Å²) < 4.78 is 1.74. The lowest BCUT2D eigenvalue weighted by Crippen LogP contribution is -2.44. The molecule has 2 rings (SSSR count). The van der Waals surface area contributed by atoms with Crippen LogP contribution < -0.4 is 10.6 Å². The van der Waals surface area contributed by atoms with Gasteiger partial charge < -0.3 is 20.1 Å². The standard InChI is InChI=1S/C13H21ClN4O/c1-17-10-11(14)9-12(17)13(19)16-3-2-6-18-7-4-15-5-8-18/h9-10,15H,2-8H2,1H3,(H,16,19). The van der Waals surface area contributed by atoms with Crippen molar-refractivity contribution in [1.29, 1.82) is 0 Å². The second-order valence-corrected chi connectivity index (χ2v) is 5.29. The van der Waals surface area contributed by atoms with Crippen molar-refractivity contribution in [2.75, 3.05) is 39.3 Å². The van der Waals surface area contributed by atoms with Crippen molar-refractivity contribution in [2.45, 2.75) is 6.42 Å². The van der Waals surface area contributed by atoms with E-state index in [-0.39, 0.29) is 5.91 Å². The lowest BCUT2D eigenvalue weighted by Gasteiger charge is -2.27. The molecule has 19 heavy (non-hydrogen) atoms. The van der Waals surface area contributed by atoms with E-state index in [2.05, 4.69) is 15.5 Å². The number of hydrogen-bond donors (Lipinski definition) is 2. The highest BCUT2D eigenvalue weighted by Gasteiger charge is 2.11. The second-order valence-electron chi connectivity index (χ2n) is 4.86. The summed E-state index contributed by atoms with van der Waals surface area (Å²) in [5, 5.41) is 6.85. The topological polar surface area (TPSA) is 49.3 Å². The van der Waals surface area contributed by atoms with E-state index in [1.54, 1.807) is 16.8 Å². The Balaban J connectivity index is 1.67. The molecule has 1 amide bonds. The van der Waals surface area contributed by atoms with Crippen LogP contribution in [0.15, 0.2) is 12.3 Å². The molecule has 1 aliphatic heterocycles. The molecule has 1 aliphatic rings. The van der Waals surface area contributed by atoms with Gasteiger partial charge in [-0.3, -0.25) is 4.79 Å². The van der Waals surface area contributed by atoms with Gasteiger partial charge in [0.2, 0.25) is 0 Å². The maximum atomic E-state index is 11.9. The average Bonchev–Trinajstić information content (AvgIpc) is 2.75. The van der Waals surface area contributed by atoms with E-state index >= 15 is 0 Å². The van der Waals surface area contributed by atoms with Crippen LogP contribution >= 0.6 is 11.6 Å². The number of carbonyl (C=O) groups is 1. The van der Waals surface area contributed by atoms with Gasteiger partial charge in [-0.1, -0.05) is 11.6 Å². The number of nitrogens with one attached hydrogen (secondary N) is 2. The molecule has 106 valence electrons.